The molecule has 3 saturated heterocycles. The molecule has 2 bridgehead atoms. The zero-order chi connectivity index (χ0) is 22.5. The second kappa shape index (κ2) is 7.79. The number of carbonyl (C=O) groups is 4. The predicted octanol–water partition coefficient (Wildman–Crippen LogP) is 2.35. The summed E-state index contributed by atoms with van der Waals surface area (Å²) in [5.41, 5.74) is 0.691. The van der Waals surface area contributed by atoms with Gasteiger partial charge in [0.15, 0.2) is 0 Å². The maximum absolute atomic E-state index is 13.4. The molecule has 1 spiro atoms. The summed E-state index contributed by atoms with van der Waals surface area (Å²) in [5.74, 6) is -0.126. The van der Waals surface area contributed by atoms with Crippen LogP contribution < -0.4 is 10.6 Å². The molecular formula is C23H28N4O5. The highest BCUT2D eigenvalue weighted by atomic mass is 16.6. The van der Waals surface area contributed by atoms with Crippen LogP contribution in [0.15, 0.2) is 18.2 Å². The minimum Gasteiger partial charge on any atom is -0.427 e. The third kappa shape index (κ3) is 3.30. The van der Waals surface area contributed by atoms with E-state index >= 15 is 0 Å². The van der Waals surface area contributed by atoms with Crippen LogP contribution in [-0.4, -0.2) is 59.9 Å². The third-order valence-corrected chi connectivity index (χ3v) is 7.41. The molecule has 1 aromatic rings. The first-order valence-electron chi connectivity index (χ1n) is 11.4. The summed E-state index contributed by atoms with van der Waals surface area (Å²) >= 11 is 0. The molecule has 170 valence electrons. The molecule has 1 saturated carbocycles. The molecule has 9 heteroatoms. The molecule has 0 radical (unpaired) electrons. The standard InChI is InChI=1S/C23H28N4O5/c1-24-21(30)25-16-6-8-18-15(11-16)9-10-23(18)20(29)27(22(31)32-23)13-19(28)26-12-14-3-2-4-17(26)7-5-14/h6,8,11,14,17H,2-5,7,9-10,12-13H2,1H3,(H2,24,25,30). The van der Waals surface area contributed by atoms with Gasteiger partial charge in [-0.25, -0.2) is 14.5 Å². The van der Waals surface area contributed by atoms with Gasteiger partial charge in [-0.1, -0.05) is 12.5 Å². The van der Waals surface area contributed by atoms with Crippen LogP contribution in [0.3, 0.4) is 0 Å². The lowest BCUT2D eigenvalue weighted by molar-refractivity contribution is -0.143. The first kappa shape index (κ1) is 20.8. The number of nitrogens with zero attached hydrogens (tertiary/aromatic N) is 2. The summed E-state index contributed by atoms with van der Waals surface area (Å²) in [4.78, 5) is 53.6. The van der Waals surface area contributed by atoms with E-state index in [1.807, 2.05) is 4.90 Å². The van der Waals surface area contributed by atoms with E-state index in [4.69, 9.17) is 4.74 Å². The Bertz CT molecular complexity index is 991. The number of hydrogen-bond donors (Lipinski definition) is 2. The molecule has 6 rings (SSSR count). The van der Waals surface area contributed by atoms with E-state index in [2.05, 4.69) is 10.6 Å². The van der Waals surface area contributed by atoms with Gasteiger partial charge in [-0.05, 0) is 55.7 Å². The average Bonchev–Trinajstić information content (AvgIpc) is 3.04. The van der Waals surface area contributed by atoms with Crippen LogP contribution in [0.4, 0.5) is 15.3 Å². The van der Waals surface area contributed by atoms with Gasteiger partial charge in [0.1, 0.15) is 6.54 Å². The normalized spacial score (nSPS) is 28.5. The summed E-state index contributed by atoms with van der Waals surface area (Å²) < 4.78 is 5.65. The van der Waals surface area contributed by atoms with E-state index in [1.54, 1.807) is 18.2 Å². The number of aryl methyl sites for hydroxylation is 1. The average molecular weight is 441 g/mol. The molecule has 4 fully saturated rings. The Kier molecular flexibility index (Phi) is 5.06. The highest BCUT2D eigenvalue weighted by Gasteiger charge is 2.58. The molecule has 0 aromatic heterocycles. The predicted molar refractivity (Wildman–Crippen MR) is 115 cm³/mol. The van der Waals surface area contributed by atoms with Crippen LogP contribution in [0.2, 0.25) is 0 Å². The topological polar surface area (TPSA) is 108 Å². The quantitative estimate of drug-likeness (QED) is 0.750. The van der Waals surface area contributed by atoms with Gasteiger partial charge in [-0.2, -0.15) is 0 Å². The summed E-state index contributed by atoms with van der Waals surface area (Å²) in [6.07, 6.45) is 5.51. The van der Waals surface area contributed by atoms with Crippen LogP contribution in [-0.2, 0) is 26.3 Å². The number of piperidine rings is 1. The lowest BCUT2D eigenvalue weighted by Gasteiger charge is -2.37. The minimum atomic E-state index is -1.38. The molecule has 3 heterocycles. The second-order valence-electron chi connectivity index (χ2n) is 9.24. The molecule has 3 atom stereocenters. The summed E-state index contributed by atoms with van der Waals surface area (Å²) in [7, 11) is 1.53. The lowest BCUT2D eigenvalue weighted by atomic mass is 9.94. The maximum atomic E-state index is 13.4. The number of fused-ring (bicyclic) bond motifs is 6. The van der Waals surface area contributed by atoms with Gasteiger partial charge in [-0.15, -0.1) is 0 Å². The van der Waals surface area contributed by atoms with E-state index in [1.165, 1.54) is 7.05 Å². The first-order valence-corrected chi connectivity index (χ1v) is 11.4. The number of anilines is 1. The molecule has 32 heavy (non-hydrogen) atoms. The zero-order valence-electron chi connectivity index (χ0n) is 18.2. The summed E-state index contributed by atoms with van der Waals surface area (Å²) in [6, 6.07) is 5.07. The van der Waals surface area contributed by atoms with Crippen LogP contribution in [0.5, 0.6) is 0 Å². The Hall–Kier alpha value is -3.10. The Labute approximate surface area is 186 Å². The molecule has 1 aromatic carbocycles. The van der Waals surface area contributed by atoms with Crippen LogP contribution in [0, 0.1) is 5.92 Å². The third-order valence-electron chi connectivity index (χ3n) is 7.41. The van der Waals surface area contributed by atoms with Gasteiger partial charge in [0.05, 0.1) is 0 Å². The van der Waals surface area contributed by atoms with E-state index in [0.717, 1.165) is 49.1 Å². The Morgan fingerprint density at radius 3 is 2.84 bits per heavy atom. The van der Waals surface area contributed by atoms with Crippen LogP contribution in [0.25, 0.3) is 0 Å². The number of nitrogens with one attached hydrogen (secondary N) is 2. The van der Waals surface area contributed by atoms with Crippen molar-refractivity contribution < 1.29 is 23.9 Å². The minimum absolute atomic E-state index is 0.174. The van der Waals surface area contributed by atoms with Crippen LogP contribution >= 0.6 is 0 Å². The van der Waals surface area contributed by atoms with Crippen molar-refractivity contribution in [2.75, 3.05) is 25.5 Å². The second-order valence-corrected chi connectivity index (χ2v) is 9.24. The van der Waals surface area contributed by atoms with Crippen molar-refractivity contribution >= 4 is 29.6 Å². The fraction of sp³-hybridized carbons (Fsp3) is 0.565. The van der Waals surface area contributed by atoms with Crippen molar-refractivity contribution in [2.45, 2.75) is 56.6 Å². The Balaban J connectivity index is 1.34. The lowest BCUT2D eigenvalue weighted by Crippen LogP contribution is -2.50. The number of carbonyl (C=O) groups excluding carboxylic acids is 4. The van der Waals surface area contributed by atoms with Gasteiger partial charge in [0.2, 0.25) is 11.5 Å². The molecule has 3 aliphatic heterocycles. The van der Waals surface area contributed by atoms with Crippen molar-refractivity contribution in [3.63, 3.8) is 0 Å². The first-order chi connectivity index (χ1) is 15.4. The van der Waals surface area contributed by atoms with Crippen molar-refractivity contribution in [3.05, 3.63) is 29.3 Å². The number of urea groups is 1. The SMILES string of the molecule is CNC(=O)Nc1ccc2c(c1)CCC21OC(=O)N(CC(=O)N2CC3CCCC2CC3)C1=O. The molecule has 2 aliphatic carbocycles. The van der Waals surface area contributed by atoms with E-state index in [-0.39, 0.29) is 24.5 Å². The van der Waals surface area contributed by atoms with E-state index in [9.17, 15) is 19.2 Å². The molecule has 2 N–H and O–H groups in total. The fourth-order valence-corrected chi connectivity index (χ4v) is 5.74. The number of benzene rings is 1. The molecule has 5 amide bonds. The highest BCUT2D eigenvalue weighted by molar-refractivity contribution is 6.06. The van der Waals surface area contributed by atoms with E-state index in [0.29, 0.717) is 30.0 Å². The van der Waals surface area contributed by atoms with Gasteiger partial charge >= 0.3 is 12.1 Å². The van der Waals surface area contributed by atoms with Gasteiger partial charge in [0, 0.05) is 37.3 Å². The van der Waals surface area contributed by atoms with Crippen molar-refractivity contribution in [1.29, 1.82) is 0 Å². The number of rotatable bonds is 3. The smallest absolute Gasteiger partial charge is 0.418 e. The van der Waals surface area contributed by atoms with Crippen molar-refractivity contribution in [3.8, 4) is 0 Å². The van der Waals surface area contributed by atoms with Gasteiger partial charge in [0.25, 0.3) is 5.91 Å². The fourth-order valence-electron chi connectivity index (χ4n) is 5.74. The highest BCUT2D eigenvalue weighted by Crippen LogP contribution is 2.46. The molecular weight excluding hydrogens is 412 g/mol. The monoisotopic (exact) mass is 440 g/mol. The molecule has 9 nitrogen and oxygen atoms in total. The van der Waals surface area contributed by atoms with Crippen molar-refractivity contribution in [2.24, 2.45) is 5.92 Å². The van der Waals surface area contributed by atoms with Crippen molar-refractivity contribution in [1.82, 2.24) is 15.1 Å². The largest absolute Gasteiger partial charge is 0.427 e. The number of amides is 5. The summed E-state index contributed by atoms with van der Waals surface area (Å²) in [6.45, 7) is 0.448. The Morgan fingerprint density at radius 2 is 2.03 bits per heavy atom. The van der Waals surface area contributed by atoms with Gasteiger partial charge < -0.3 is 20.3 Å². The Morgan fingerprint density at radius 1 is 1.19 bits per heavy atom. The number of ether oxygens (including phenoxy) is 1. The van der Waals surface area contributed by atoms with Crippen LogP contribution in [0.1, 0.15) is 49.7 Å². The zero-order valence-corrected chi connectivity index (χ0v) is 18.2. The molecule has 5 aliphatic rings. The van der Waals surface area contributed by atoms with Gasteiger partial charge in [-0.3, -0.25) is 9.59 Å². The maximum Gasteiger partial charge on any atom is 0.418 e. The number of hydrogen-bond acceptors (Lipinski definition) is 5. The number of imide groups is 1. The van der Waals surface area contributed by atoms with E-state index < -0.39 is 17.6 Å². The molecule has 3 unspecified atom stereocenters. The summed E-state index contributed by atoms with van der Waals surface area (Å²) in [5, 5.41) is 5.20.